The van der Waals surface area contributed by atoms with Crippen molar-refractivity contribution in [3.8, 4) is 0 Å². The normalized spacial score (nSPS) is 12.8. The molecule has 0 saturated carbocycles. The van der Waals surface area contributed by atoms with E-state index in [2.05, 4.69) is 5.32 Å². The third-order valence-electron chi connectivity index (χ3n) is 2.45. The van der Waals surface area contributed by atoms with Crippen LogP contribution in [0.25, 0.3) is 0 Å². The quantitative estimate of drug-likeness (QED) is 0.833. The number of carboxylic acids is 1. The molecule has 0 spiro atoms. The summed E-state index contributed by atoms with van der Waals surface area (Å²) in [5.74, 6) is -2.23. The Balaban J connectivity index is 2.72. The summed E-state index contributed by atoms with van der Waals surface area (Å²) in [6.45, 7) is 3.47. The topological polar surface area (TPSA) is 49.3 Å². The first-order chi connectivity index (χ1) is 7.91. The highest BCUT2D eigenvalue weighted by atomic mass is 19.1. The van der Waals surface area contributed by atoms with Crippen LogP contribution in [0.1, 0.15) is 19.4 Å². The van der Waals surface area contributed by atoms with Gasteiger partial charge in [-0.3, -0.25) is 10.1 Å². The number of carbonyl (C=O) groups is 1. The lowest BCUT2D eigenvalue weighted by Crippen LogP contribution is -2.40. The Hall–Kier alpha value is -1.49. The molecule has 0 saturated heterocycles. The molecule has 1 unspecified atom stereocenters. The molecule has 0 bridgehead atoms. The average Bonchev–Trinajstić information content (AvgIpc) is 2.22. The summed E-state index contributed by atoms with van der Waals surface area (Å²) >= 11 is 0. The summed E-state index contributed by atoms with van der Waals surface area (Å²) in [5, 5.41) is 11.6. The van der Waals surface area contributed by atoms with Gasteiger partial charge in [0.2, 0.25) is 0 Å². The molecule has 5 heteroatoms. The van der Waals surface area contributed by atoms with Crippen LogP contribution < -0.4 is 5.32 Å². The lowest BCUT2D eigenvalue weighted by atomic mass is 10.0. The van der Waals surface area contributed by atoms with Crippen molar-refractivity contribution in [3.63, 3.8) is 0 Å². The van der Waals surface area contributed by atoms with Crippen molar-refractivity contribution < 1.29 is 18.7 Å². The fraction of sp³-hybridized carbons (Fsp3) is 0.417. The fourth-order valence-corrected chi connectivity index (χ4v) is 1.51. The van der Waals surface area contributed by atoms with E-state index in [-0.39, 0.29) is 18.0 Å². The van der Waals surface area contributed by atoms with Crippen molar-refractivity contribution in [1.82, 2.24) is 5.32 Å². The molecule has 1 aromatic rings. The summed E-state index contributed by atoms with van der Waals surface area (Å²) in [7, 11) is 0. The molecular weight excluding hydrogens is 228 g/mol. The first-order valence-corrected chi connectivity index (χ1v) is 5.32. The highest BCUT2D eigenvalue weighted by molar-refractivity contribution is 5.73. The van der Waals surface area contributed by atoms with Crippen LogP contribution in [0.15, 0.2) is 18.2 Å². The summed E-state index contributed by atoms with van der Waals surface area (Å²) in [6, 6.07) is 2.33. The van der Waals surface area contributed by atoms with Gasteiger partial charge < -0.3 is 5.11 Å². The molecule has 0 aromatic heterocycles. The van der Waals surface area contributed by atoms with Gasteiger partial charge in [-0.2, -0.15) is 0 Å². The maximum atomic E-state index is 13.3. The number of rotatable bonds is 5. The zero-order valence-corrected chi connectivity index (χ0v) is 9.71. The molecule has 0 aliphatic heterocycles. The van der Waals surface area contributed by atoms with Crippen molar-refractivity contribution in [2.24, 2.45) is 5.92 Å². The molecule has 1 rings (SSSR count). The Labute approximate surface area is 98.5 Å². The Kier molecular flexibility index (Phi) is 4.57. The molecule has 0 aliphatic rings. The highest BCUT2D eigenvalue weighted by Crippen LogP contribution is 2.10. The molecule has 0 radical (unpaired) electrons. The van der Waals surface area contributed by atoms with Gasteiger partial charge in [-0.05, 0) is 24.1 Å². The summed E-state index contributed by atoms with van der Waals surface area (Å²) < 4.78 is 26.1. The second-order valence-corrected chi connectivity index (χ2v) is 4.18. The van der Waals surface area contributed by atoms with Crippen molar-refractivity contribution in [3.05, 3.63) is 35.4 Å². The Morgan fingerprint density at radius 1 is 1.41 bits per heavy atom. The molecule has 0 aliphatic carbocycles. The van der Waals surface area contributed by atoms with Gasteiger partial charge in [-0.1, -0.05) is 13.8 Å². The maximum absolute atomic E-state index is 13.3. The molecule has 17 heavy (non-hydrogen) atoms. The van der Waals surface area contributed by atoms with E-state index in [4.69, 9.17) is 5.11 Å². The zero-order chi connectivity index (χ0) is 13.0. The van der Waals surface area contributed by atoms with Crippen molar-refractivity contribution in [2.45, 2.75) is 26.4 Å². The van der Waals surface area contributed by atoms with E-state index in [0.29, 0.717) is 0 Å². The summed E-state index contributed by atoms with van der Waals surface area (Å²) in [5.41, 5.74) is 0.122. The third-order valence-corrected chi connectivity index (χ3v) is 2.45. The van der Waals surface area contributed by atoms with Gasteiger partial charge in [0.05, 0.1) is 0 Å². The van der Waals surface area contributed by atoms with Crippen LogP contribution in [-0.2, 0) is 11.3 Å². The first kappa shape index (κ1) is 13.6. The van der Waals surface area contributed by atoms with Crippen LogP contribution in [0, 0.1) is 17.6 Å². The van der Waals surface area contributed by atoms with E-state index in [1.165, 1.54) is 0 Å². The molecule has 1 atom stereocenters. The Morgan fingerprint density at radius 2 is 2.06 bits per heavy atom. The molecule has 2 N–H and O–H groups in total. The van der Waals surface area contributed by atoms with E-state index in [9.17, 15) is 13.6 Å². The molecule has 0 amide bonds. The van der Waals surface area contributed by atoms with Gasteiger partial charge >= 0.3 is 5.97 Å². The van der Waals surface area contributed by atoms with Gasteiger partial charge in [0.1, 0.15) is 17.7 Å². The average molecular weight is 243 g/mol. The smallest absolute Gasteiger partial charge is 0.320 e. The minimum Gasteiger partial charge on any atom is -0.480 e. The molecule has 0 fully saturated rings. The van der Waals surface area contributed by atoms with E-state index < -0.39 is 23.6 Å². The summed E-state index contributed by atoms with van der Waals surface area (Å²) in [4.78, 5) is 10.9. The van der Waals surface area contributed by atoms with Crippen LogP contribution in [-0.4, -0.2) is 17.1 Å². The predicted molar refractivity (Wildman–Crippen MR) is 59.5 cm³/mol. The van der Waals surface area contributed by atoms with Gasteiger partial charge in [-0.25, -0.2) is 8.78 Å². The monoisotopic (exact) mass is 243 g/mol. The number of halogens is 2. The highest BCUT2D eigenvalue weighted by Gasteiger charge is 2.20. The number of hydrogen-bond donors (Lipinski definition) is 2. The van der Waals surface area contributed by atoms with Crippen LogP contribution in [0.3, 0.4) is 0 Å². The number of benzene rings is 1. The number of carboxylic acid groups (broad SMARTS) is 1. The largest absolute Gasteiger partial charge is 0.480 e. The minimum absolute atomic E-state index is 0.0151. The first-order valence-electron chi connectivity index (χ1n) is 5.32. The SMILES string of the molecule is CC(C)C(NCc1cc(F)ccc1F)C(=O)O. The second kappa shape index (κ2) is 5.72. The van der Waals surface area contributed by atoms with Gasteiger partial charge in [0.25, 0.3) is 0 Å². The van der Waals surface area contributed by atoms with Crippen molar-refractivity contribution in [1.29, 1.82) is 0 Å². The van der Waals surface area contributed by atoms with E-state index in [1.807, 2.05) is 0 Å². The Bertz CT molecular complexity index is 407. The number of hydrogen-bond acceptors (Lipinski definition) is 2. The van der Waals surface area contributed by atoms with Crippen LogP contribution in [0.4, 0.5) is 8.78 Å². The second-order valence-electron chi connectivity index (χ2n) is 4.18. The zero-order valence-electron chi connectivity index (χ0n) is 9.71. The van der Waals surface area contributed by atoms with Crippen LogP contribution >= 0.6 is 0 Å². The number of nitrogens with one attached hydrogen (secondary N) is 1. The predicted octanol–water partition coefficient (Wildman–Crippen LogP) is 2.16. The molecule has 0 heterocycles. The number of aliphatic carboxylic acids is 1. The van der Waals surface area contributed by atoms with Crippen molar-refractivity contribution >= 4 is 5.97 Å². The summed E-state index contributed by atoms with van der Waals surface area (Å²) in [6.07, 6.45) is 0. The van der Waals surface area contributed by atoms with Gasteiger partial charge in [0, 0.05) is 12.1 Å². The fourth-order valence-electron chi connectivity index (χ4n) is 1.51. The minimum atomic E-state index is -1.00. The van der Waals surface area contributed by atoms with E-state index >= 15 is 0 Å². The third kappa shape index (κ3) is 3.78. The lowest BCUT2D eigenvalue weighted by molar-refractivity contribution is -0.140. The van der Waals surface area contributed by atoms with Crippen LogP contribution in [0.5, 0.6) is 0 Å². The maximum Gasteiger partial charge on any atom is 0.320 e. The van der Waals surface area contributed by atoms with Gasteiger partial charge in [-0.15, -0.1) is 0 Å². The van der Waals surface area contributed by atoms with E-state index in [0.717, 1.165) is 18.2 Å². The Morgan fingerprint density at radius 3 is 2.59 bits per heavy atom. The van der Waals surface area contributed by atoms with Crippen molar-refractivity contribution in [2.75, 3.05) is 0 Å². The standard InChI is InChI=1S/C12H15F2NO2/c1-7(2)11(12(16)17)15-6-8-5-9(13)3-4-10(8)14/h3-5,7,11,15H,6H2,1-2H3,(H,16,17). The van der Waals surface area contributed by atoms with Crippen LogP contribution in [0.2, 0.25) is 0 Å². The van der Waals surface area contributed by atoms with Gasteiger partial charge in [0.15, 0.2) is 0 Å². The van der Waals surface area contributed by atoms with E-state index in [1.54, 1.807) is 13.8 Å². The molecule has 94 valence electrons. The molecule has 3 nitrogen and oxygen atoms in total. The lowest BCUT2D eigenvalue weighted by Gasteiger charge is -2.18. The molecule has 1 aromatic carbocycles. The molecular formula is C12H15F2NO2.